The summed E-state index contributed by atoms with van der Waals surface area (Å²) in [4.78, 5) is 27.9. The minimum atomic E-state index is -0.864. The van der Waals surface area contributed by atoms with E-state index in [1.165, 1.54) is 30.2 Å². The Morgan fingerprint density at radius 1 is 1.03 bits per heavy atom. The third kappa shape index (κ3) is 4.96. The van der Waals surface area contributed by atoms with Gasteiger partial charge in [-0.2, -0.15) is 0 Å². The Morgan fingerprint density at radius 2 is 1.75 bits per heavy atom. The standard InChI is InChI=1S/C29H28FNO5/c1-17(2)36-22-11-8-19(9-12-22)16-31-26(20-6-5-7-23(15-20)35-4)25(28(33)29(31)34)27(32)21-10-13-24(30)18(3)14-21/h5-15,17,26,32H,16H2,1-4H3/b27-25-. The number of rotatable bonds is 7. The second-order valence-corrected chi connectivity index (χ2v) is 8.98. The number of aliphatic hydroxyl groups is 1. The van der Waals surface area contributed by atoms with Crippen molar-refractivity contribution in [2.75, 3.05) is 7.11 Å². The maximum Gasteiger partial charge on any atom is 0.295 e. The number of carbonyl (C=O) groups is 2. The molecule has 1 fully saturated rings. The van der Waals surface area contributed by atoms with Gasteiger partial charge in [0.25, 0.3) is 11.7 Å². The summed E-state index contributed by atoms with van der Waals surface area (Å²) in [7, 11) is 1.53. The molecular formula is C29H28FNO5. The number of halogens is 1. The summed E-state index contributed by atoms with van der Waals surface area (Å²) >= 11 is 0. The first kappa shape index (κ1) is 25.0. The number of ether oxygens (including phenoxy) is 2. The Labute approximate surface area is 209 Å². The third-order valence-corrected chi connectivity index (χ3v) is 6.03. The van der Waals surface area contributed by atoms with Crippen molar-refractivity contribution >= 4 is 17.4 Å². The quantitative estimate of drug-likeness (QED) is 0.267. The van der Waals surface area contributed by atoms with Crippen LogP contribution in [0.3, 0.4) is 0 Å². The smallest absolute Gasteiger partial charge is 0.295 e. The Balaban J connectivity index is 1.80. The molecule has 4 rings (SSSR count). The molecule has 1 amide bonds. The van der Waals surface area contributed by atoms with Crippen LogP contribution >= 0.6 is 0 Å². The molecule has 7 heteroatoms. The molecule has 0 aliphatic carbocycles. The Kier molecular flexibility index (Phi) is 7.10. The van der Waals surface area contributed by atoms with Gasteiger partial charge < -0.3 is 19.5 Å². The molecule has 1 saturated heterocycles. The number of Topliss-reactive ketones (excluding diaryl/α,β-unsaturated/α-hetero) is 1. The van der Waals surface area contributed by atoms with E-state index in [9.17, 15) is 19.1 Å². The summed E-state index contributed by atoms with van der Waals surface area (Å²) in [5.41, 5.74) is 1.91. The lowest BCUT2D eigenvalue weighted by Gasteiger charge is -2.26. The highest BCUT2D eigenvalue weighted by Crippen LogP contribution is 2.41. The molecular weight excluding hydrogens is 461 g/mol. The topological polar surface area (TPSA) is 76.1 Å². The SMILES string of the molecule is COc1cccc(C2/C(=C(/O)c3ccc(F)c(C)c3)C(=O)C(=O)N2Cc2ccc(OC(C)C)cc2)c1. The average Bonchev–Trinajstić information content (AvgIpc) is 3.11. The molecule has 1 N–H and O–H groups in total. The predicted octanol–water partition coefficient (Wildman–Crippen LogP) is 5.55. The number of benzene rings is 3. The van der Waals surface area contributed by atoms with E-state index in [1.807, 2.05) is 38.1 Å². The summed E-state index contributed by atoms with van der Waals surface area (Å²) in [6.45, 7) is 5.57. The Bertz CT molecular complexity index is 1330. The maximum absolute atomic E-state index is 13.9. The van der Waals surface area contributed by atoms with Crippen molar-refractivity contribution in [3.63, 3.8) is 0 Å². The highest BCUT2D eigenvalue weighted by Gasteiger charge is 2.46. The predicted molar refractivity (Wildman–Crippen MR) is 134 cm³/mol. The van der Waals surface area contributed by atoms with Crippen molar-refractivity contribution in [3.05, 3.63) is 100 Å². The number of likely N-dealkylation sites (tertiary alicyclic amines) is 1. The highest BCUT2D eigenvalue weighted by atomic mass is 19.1. The van der Waals surface area contributed by atoms with Crippen LogP contribution in [0.2, 0.25) is 0 Å². The van der Waals surface area contributed by atoms with Crippen LogP contribution in [0.25, 0.3) is 5.76 Å². The van der Waals surface area contributed by atoms with E-state index in [1.54, 1.807) is 31.2 Å². The van der Waals surface area contributed by atoms with Crippen molar-refractivity contribution in [3.8, 4) is 11.5 Å². The minimum absolute atomic E-state index is 0.0249. The van der Waals surface area contributed by atoms with Crippen molar-refractivity contribution in [2.24, 2.45) is 0 Å². The molecule has 3 aromatic rings. The van der Waals surface area contributed by atoms with Gasteiger partial charge in [-0.15, -0.1) is 0 Å². The van der Waals surface area contributed by atoms with Gasteiger partial charge >= 0.3 is 0 Å². The molecule has 0 spiro atoms. The molecule has 6 nitrogen and oxygen atoms in total. The molecule has 0 bridgehead atoms. The number of aliphatic hydroxyl groups excluding tert-OH is 1. The van der Waals surface area contributed by atoms with Crippen molar-refractivity contribution in [2.45, 2.75) is 39.5 Å². The highest BCUT2D eigenvalue weighted by molar-refractivity contribution is 6.46. The normalized spacial score (nSPS) is 17.1. The first-order chi connectivity index (χ1) is 17.2. The van der Waals surface area contributed by atoms with Gasteiger partial charge in [-0.05, 0) is 79.9 Å². The zero-order chi connectivity index (χ0) is 26.0. The molecule has 0 saturated carbocycles. The van der Waals surface area contributed by atoms with Crippen LogP contribution in [-0.4, -0.2) is 34.9 Å². The molecule has 3 aromatic carbocycles. The molecule has 186 valence electrons. The van der Waals surface area contributed by atoms with Gasteiger partial charge in [0, 0.05) is 12.1 Å². The number of hydrogen-bond acceptors (Lipinski definition) is 5. The van der Waals surface area contributed by atoms with Gasteiger partial charge in [-0.25, -0.2) is 4.39 Å². The molecule has 0 radical (unpaired) electrons. The van der Waals surface area contributed by atoms with E-state index in [0.717, 1.165) is 5.56 Å². The van der Waals surface area contributed by atoms with Crippen molar-refractivity contribution in [1.29, 1.82) is 0 Å². The number of methoxy groups -OCH3 is 1. The van der Waals surface area contributed by atoms with E-state index in [4.69, 9.17) is 9.47 Å². The number of aryl methyl sites for hydroxylation is 1. The summed E-state index contributed by atoms with van der Waals surface area (Å²) in [6.07, 6.45) is 0.0249. The fourth-order valence-electron chi connectivity index (χ4n) is 4.29. The number of carbonyl (C=O) groups excluding carboxylic acids is 2. The van der Waals surface area contributed by atoms with Gasteiger partial charge in [0.15, 0.2) is 0 Å². The zero-order valence-corrected chi connectivity index (χ0v) is 20.6. The molecule has 0 aromatic heterocycles. The number of ketones is 1. The largest absolute Gasteiger partial charge is 0.507 e. The van der Waals surface area contributed by atoms with Gasteiger partial charge in [0.2, 0.25) is 0 Å². The van der Waals surface area contributed by atoms with Crippen LogP contribution in [0.5, 0.6) is 11.5 Å². The number of hydrogen-bond donors (Lipinski definition) is 1. The van der Waals surface area contributed by atoms with E-state index in [-0.39, 0.29) is 29.5 Å². The van der Waals surface area contributed by atoms with E-state index >= 15 is 0 Å². The lowest BCUT2D eigenvalue weighted by Crippen LogP contribution is -2.29. The van der Waals surface area contributed by atoms with Crippen molar-refractivity contribution < 1.29 is 28.6 Å². The maximum atomic E-state index is 13.9. The van der Waals surface area contributed by atoms with Crippen LogP contribution < -0.4 is 9.47 Å². The number of nitrogens with zero attached hydrogens (tertiary/aromatic N) is 1. The fraction of sp³-hybridized carbons (Fsp3) is 0.241. The van der Waals surface area contributed by atoms with Crippen LogP contribution in [0.15, 0.2) is 72.3 Å². The first-order valence-corrected chi connectivity index (χ1v) is 11.6. The second-order valence-electron chi connectivity index (χ2n) is 8.98. The fourth-order valence-corrected chi connectivity index (χ4v) is 4.29. The third-order valence-electron chi connectivity index (χ3n) is 6.03. The van der Waals surface area contributed by atoms with E-state index in [0.29, 0.717) is 22.6 Å². The zero-order valence-electron chi connectivity index (χ0n) is 20.6. The van der Waals surface area contributed by atoms with Crippen LogP contribution in [0, 0.1) is 12.7 Å². The van der Waals surface area contributed by atoms with Gasteiger partial charge in [-0.1, -0.05) is 24.3 Å². The average molecular weight is 490 g/mol. The van der Waals surface area contributed by atoms with E-state index < -0.39 is 23.5 Å². The molecule has 1 aliphatic heterocycles. The Morgan fingerprint density at radius 3 is 2.39 bits per heavy atom. The van der Waals surface area contributed by atoms with Crippen LogP contribution in [-0.2, 0) is 16.1 Å². The monoisotopic (exact) mass is 489 g/mol. The van der Waals surface area contributed by atoms with E-state index in [2.05, 4.69) is 0 Å². The lowest BCUT2D eigenvalue weighted by atomic mass is 9.94. The second kappa shape index (κ2) is 10.2. The first-order valence-electron chi connectivity index (χ1n) is 11.6. The van der Waals surface area contributed by atoms with Crippen LogP contribution in [0.1, 0.15) is 42.1 Å². The molecule has 1 heterocycles. The van der Waals surface area contributed by atoms with Crippen molar-refractivity contribution in [1.82, 2.24) is 4.90 Å². The Hall–Kier alpha value is -4.13. The van der Waals surface area contributed by atoms with Crippen LogP contribution in [0.4, 0.5) is 4.39 Å². The molecule has 36 heavy (non-hydrogen) atoms. The molecule has 1 aliphatic rings. The summed E-state index contributed by atoms with van der Waals surface area (Å²) in [5.74, 6) is -1.07. The summed E-state index contributed by atoms with van der Waals surface area (Å²) in [5, 5.41) is 11.2. The summed E-state index contributed by atoms with van der Waals surface area (Å²) < 4.78 is 24.9. The minimum Gasteiger partial charge on any atom is -0.507 e. The van der Waals surface area contributed by atoms with Gasteiger partial charge in [0.05, 0.1) is 24.8 Å². The summed E-state index contributed by atoms with van der Waals surface area (Å²) in [6, 6.07) is 17.5. The molecule has 1 unspecified atom stereocenters. The molecule has 1 atom stereocenters. The van der Waals surface area contributed by atoms with Gasteiger partial charge in [0.1, 0.15) is 23.1 Å². The number of amides is 1. The van der Waals surface area contributed by atoms with Gasteiger partial charge in [-0.3, -0.25) is 9.59 Å². The lowest BCUT2D eigenvalue weighted by molar-refractivity contribution is -0.140.